The summed E-state index contributed by atoms with van der Waals surface area (Å²) in [5, 5.41) is 12.4. The number of hydrogen-bond acceptors (Lipinski definition) is 5. The monoisotopic (exact) mass is 586 g/mol. The number of aromatic amines is 1. The lowest BCUT2D eigenvalue weighted by Gasteiger charge is -2.29. The van der Waals surface area contributed by atoms with E-state index >= 15 is 0 Å². The van der Waals surface area contributed by atoms with Gasteiger partial charge in [0.25, 0.3) is 5.91 Å². The molecular weight excluding hydrogens is 556 g/mol. The summed E-state index contributed by atoms with van der Waals surface area (Å²) in [6.45, 7) is 5.61. The normalized spacial score (nSPS) is 14.7. The Bertz CT molecular complexity index is 1970. The number of carbonyl (C=O) groups is 2. The van der Waals surface area contributed by atoms with Crippen LogP contribution in [-0.4, -0.2) is 27.8 Å². The zero-order valence-corrected chi connectivity index (χ0v) is 24.9. The van der Waals surface area contributed by atoms with Crippen LogP contribution in [0.1, 0.15) is 48.3 Å². The van der Waals surface area contributed by atoms with Crippen LogP contribution in [0, 0.1) is 0 Å². The lowest BCUT2D eigenvalue weighted by molar-refractivity contribution is 0.0569. The van der Waals surface area contributed by atoms with Gasteiger partial charge in [0.05, 0.1) is 23.4 Å². The van der Waals surface area contributed by atoms with Crippen molar-refractivity contribution in [2.75, 3.05) is 10.2 Å². The minimum absolute atomic E-state index is 0.204. The first-order valence-electron chi connectivity index (χ1n) is 14.2. The van der Waals surface area contributed by atoms with Gasteiger partial charge in [-0.05, 0) is 86.2 Å². The van der Waals surface area contributed by atoms with Crippen molar-refractivity contribution >= 4 is 55.7 Å². The van der Waals surface area contributed by atoms with Crippen molar-refractivity contribution in [2.45, 2.75) is 38.8 Å². The van der Waals surface area contributed by atoms with Crippen LogP contribution >= 0.6 is 11.3 Å². The summed E-state index contributed by atoms with van der Waals surface area (Å²) < 4.78 is 6.95. The molecule has 214 valence electrons. The van der Waals surface area contributed by atoms with E-state index in [9.17, 15) is 9.59 Å². The largest absolute Gasteiger partial charge is 0.443 e. The Kier molecular flexibility index (Phi) is 6.51. The SMILES string of the molecule is CC(C)(C)OC(=O)N1c2ccccc2CC1c1ccc(NC(=O)c2cc(-c3cc4ccccc4s3)c3[nH]ncc3c2)cc1. The summed E-state index contributed by atoms with van der Waals surface area (Å²) in [6, 6.07) is 29.6. The van der Waals surface area contributed by atoms with E-state index in [1.807, 2.05) is 93.6 Å². The average molecular weight is 587 g/mol. The maximum Gasteiger partial charge on any atom is 0.415 e. The minimum Gasteiger partial charge on any atom is -0.443 e. The molecule has 1 aliphatic heterocycles. The van der Waals surface area contributed by atoms with E-state index in [2.05, 4.69) is 33.7 Å². The van der Waals surface area contributed by atoms with Crippen LogP contribution in [0.25, 0.3) is 31.4 Å². The number of benzene rings is 4. The molecule has 0 radical (unpaired) electrons. The molecule has 0 spiro atoms. The summed E-state index contributed by atoms with van der Waals surface area (Å²) in [5.74, 6) is -0.207. The lowest BCUT2D eigenvalue weighted by Crippen LogP contribution is -2.37. The molecule has 2 amide bonds. The molecule has 0 fully saturated rings. The Morgan fingerprint density at radius 2 is 1.72 bits per heavy atom. The Labute approximate surface area is 253 Å². The fraction of sp³-hybridized carbons (Fsp3) is 0.171. The predicted molar refractivity (Wildman–Crippen MR) is 173 cm³/mol. The fourth-order valence-corrected chi connectivity index (χ4v) is 6.76. The average Bonchev–Trinajstić information content (AvgIpc) is 3.72. The molecule has 1 atom stereocenters. The number of para-hydroxylation sites is 1. The van der Waals surface area contributed by atoms with Crippen molar-refractivity contribution in [1.82, 2.24) is 10.2 Å². The number of aromatic nitrogens is 2. The Hall–Kier alpha value is -4.95. The Morgan fingerprint density at radius 3 is 2.51 bits per heavy atom. The van der Waals surface area contributed by atoms with Gasteiger partial charge in [-0.15, -0.1) is 11.3 Å². The van der Waals surface area contributed by atoms with E-state index in [1.165, 1.54) is 10.1 Å². The smallest absolute Gasteiger partial charge is 0.415 e. The van der Waals surface area contributed by atoms with E-state index in [4.69, 9.17) is 4.74 Å². The third kappa shape index (κ3) is 5.15. The molecule has 7 nitrogen and oxygen atoms in total. The van der Waals surface area contributed by atoms with Gasteiger partial charge >= 0.3 is 6.09 Å². The first-order chi connectivity index (χ1) is 20.7. The molecule has 2 N–H and O–H groups in total. The number of ether oxygens (including phenoxy) is 1. The molecule has 2 aromatic heterocycles. The molecule has 4 aromatic carbocycles. The first-order valence-corrected chi connectivity index (χ1v) is 15.0. The molecule has 43 heavy (non-hydrogen) atoms. The fourth-order valence-electron chi connectivity index (χ4n) is 5.68. The molecule has 0 saturated heterocycles. The standard InChI is InChI=1S/C35H30N4O3S/c1-35(2,3)42-34(41)39-28-10-6-4-8-22(28)18-29(39)21-12-14-26(15-13-21)37-33(40)24-16-25-20-36-38-32(25)27(17-24)31-19-23-9-5-7-11-30(23)43-31/h4-17,19-20,29H,18H2,1-3H3,(H,36,38)(H,37,40). The van der Waals surface area contributed by atoms with Gasteiger partial charge in [0.15, 0.2) is 0 Å². The van der Waals surface area contributed by atoms with Gasteiger partial charge in [0.1, 0.15) is 5.60 Å². The number of rotatable bonds is 4. The van der Waals surface area contributed by atoms with Gasteiger partial charge < -0.3 is 10.1 Å². The van der Waals surface area contributed by atoms with Gasteiger partial charge in [-0.1, -0.05) is 48.5 Å². The molecule has 1 unspecified atom stereocenters. The van der Waals surface area contributed by atoms with E-state index in [-0.39, 0.29) is 18.0 Å². The van der Waals surface area contributed by atoms with Gasteiger partial charge in [0.2, 0.25) is 0 Å². The van der Waals surface area contributed by atoms with Crippen molar-refractivity contribution in [2.24, 2.45) is 0 Å². The molecule has 3 heterocycles. The number of carbonyl (C=O) groups excluding carboxylic acids is 2. The third-order valence-corrected chi connectivity index (χ3v) is 8.77. The summed E-state index contributed by atoms with van der Waals surface area (Å²) in [5.41, 5.74) is 5.38. The third-order valence-electron chi connectivity index (χ3n) is 7.62. The molecule has 8 heteroatoms. The van der Waals surface area contributed by atoms with Crippen molar-refractivity contribution in [3.63, 3.8) is 0 Å². The number of fused-ring (bicyclic) bond motifs is 3. The first kappa shape index (κ1) is 26.9. The molecule has 1 aliphatic rings. The highest BCUT2D eigenvalue weighted by Gasteiger charge is 2.37. The van der Waals surface area contributed by atoms with E-state index in [0.717, 1.165) is 38.2 Å². The molecule has 7 rings (SSSR count). The number of thiophene rings is 1. The van der Waals surface area contributed by atoms with E-state index in [0.29, 0.717) is 17.7 Å². The number of amides is 2. The van der Waals surface area contributed by atoms with Gasteiger partial charge in [0, 0.05) is 31.8 Å². The molecule has 0 aliphatic carbocycles. The quantitative estimate of drug-likeness (QED) is 0.216. The molecule has 6 aromatic rings. The van der Waals surface area contributed by atoms with Crippen LogP contribution in [0.2, 0.25) is 0 Å². The van der Waals surface area contributed by atoms with Gasteiger partial charge in [-0.3, -0.25) is 14.8 Å². The summed E-state index contributed by atoms with van der Waals surface area (Å²) in [4.78, 5) is 29.6. The van der Waals surface area contributed by atoms with Crippen LogP contribution in [0.4, 0.5) is 16.2 Å². The highest BCUT2D eigenvalue weighted by Crippen LogP contribution is 2.42. The summed E-state index contributed by atoms with van der Waals surface area (Å²) >= 11 is 1.69. The summed E-state index contributed by atoms with van der Waals surface area (Å²) in [7, 11) is 0. The zero-order valence-electron chi connectivity index (χ0n) is 24.0. The maximum absolute atomic E-state index is 13.5. The van der Waals surface area contributed by atoms with Crippen LogP contribution in [0.15, 0.2) is 97.2 Å². The number of nitrogens with one attached hydrogen (secondary N) is 2. The second-order valence-electron chi connectivity index (χ2n) is 11.8. The van der Waals surface area contributed by atoms with Crippen LogP contribution < -0.4 is 10.2 Å². The van der Waals surface area contributed by atoms with Crippen molar-refractivity contribution in [1.29, 1.82) is 0 Å². The van der Waals surface area contributed by atoms with Gasteiger partial charge in [-0.2, -0.15) is 5.10 Å². The van der Waals surface area contributed by atoms with Crippen LogP contribution in [0.5, 0.6) is 0 Å². The van der Waals surface area contributed by atoms with E-state index < -0.39 is 5.60 Å². The second kappa shape index (κ2) is 10.4. The number of anilines is 2. The predicted octanol–water partition coefficient (Wildman–Crippen LogP) is 8.74. The number of H-pyrrole nitrogens is 1. The van der Waals surface area contributed by atoms with E-state index in [1.54, 1.807) is 22.4 Å². The topological polar surface area (TPSA) is 87.3 Å². The van der Waals surface area contributed by atoms with Crippen molar-refractivity contribution in [3.05, 3.63) is 114 Å². The van der Waals surface area contributed by atoms with Crippen LogP contribution in [-0.2, 0) is 11.2 Å². The number of hydrogen-bond donors (Lipinski definition) is 2. The summed E-state index contributed by atoms with van der Waals surface area (Å²) in [6.07, 6.45) is 2.06. The Morgan fingerprint density at radius 1 is 0.953 bits per heavy atom. The second-order valence-corrected chi connectivity index (χ2v) is 12.9. The molecule has 0 saturated carbocycles. The highest BCUT2D eigenvalue weighted by atomic mass is 32.1. The molecular formula is C35H30N4O3S. The number of nitrogens with zero attached hydrogens (tertiary/aromatic N) is 2. The zero-order chi connectivity index (χ0) is 29.7. The van der Waals surface area contributed by atoms with Crippen molar-refractivity contribution < 1.29 is 14.3 Å². The van der Waals surface area contributed by atoms with Crippen LogP contribution in [0.3, 0.4) is 0 Å². The van der Waals surface area contributed by atoms with Gasteiger partial charge in [-0.25, -0.2) is 4.79 Å². The van der Waals surface area contributed by atoms with Crippen molar-refractivity contribution in [3.8, 4) is 10.4 Å². The maximum atomic E-state index is 13.5. The highest BCUT2D eigenvalue weighted by molar-refractivity contribution is 7.22. The minimum atomic E-state index is -0.608. The Balaban J connectivity index is 1.15. The lowest BCUT2D eigenvalue weighted by atomic mass is 10.0. The molecule has 0 bridgehead atoms.